The Kier molecular flexibility index (Phi) is 4.52. The summed E-state index contributed by atoms with van der Waals surface area (Å²) in [4.78, 5) is 16.7. The van der Waals surface area contributed by atoms with Gasteiger partial charge in [0.05, 0.1) is 31.7 Å². The monoisotopic (exact) mass is 344 g/mol. The average molecular weight is 344 g/mol. The van der Waals surface area contributed by atoms with Crippen molar-refractivity contribution in [1.29, 1.82) is 0 Å². The second-order valence-electron chi connectivity index (χ2n) is 4.95. The zero-order chi connectivity index (χ0) is 17.1. The summed E-state index contributed by atoms with van der Waals surface area (Å²) in [7, 11) is 3.20. The van der Waals surface area contributed by atoms with Gasteiger partial charge in [-0.1, -0.05) is 0 Å². The molecule has 1 N–H and O–H groups in total. The fourth-order valence-electron chi connectivity index (χ4n) is 2.25. The number of carbonyl (C=O) groups excluding carboxylic acids is 1. The van der Waals surface area contributed by atoms with Crippen LogP contribution in [0.4, 0.5) is 5.13 Å². The number of nitrogens with one attached hydrogen (secondary N) is 1. The first-order valence-electron chi connectivity index (χ1n) is 7.15. The molecule has 24 heavy (non-hydrogen) atoms. The van der Waals surface area contributed by atoms with E-state index in [-0.39, 0.29) is 5.91 Å². The molecule has 3 rings (SSSR count). The van der Waals surface area contributed by atoms with E-state index in [9.17, 15) is 4.79 Å². The van der Waals surface area contributed by atoms with Crippen molar-refractivity contribution in [3.63, 3.8) is 0 Å². The number of amides is 1. The van der Waals surface area contributed by atoms with Crippen molar-refractivity contribution < 1.29 is 18.7 Å². The molecule has 0 saturated carbocycles. The second-order valence-corrected chi connectivity index (χ2v) is 5.81. The van der Waals surface area contributed by atoms with Crippen LogP contribution in [0, 0.1) is 6.92 Å². The quantitative estimate of drug-likeness (QED) is 0.758. The first kappa shape index (κ1) is 16.1. The number of hydrogen-bond donors (Lipinski definition) is 1. The molecule has 124 valence electrons. The number of aromatic nitrogens is 1. The van der Waals surface area contributed by atoms with Gasteiger partial charge in [-0.3, -0.25) is 10.1 Å². The zero-order valence-electron chi connectivity index (χ0n) is 13.5. The molecule has 0 radical (unpaired) electrons. The molecule has 1 aromatic carbocycles. The first-order valence-corrected chi connectivity index (χ1v) is 8.03. The number of carbonyl (C=O) groups is 1. The predicted octanol–water partition coefficient (Wildman–Crippen LogP) is 3.98. The predicted molar refractivity (Wildman–Crippen MR) is 92.1 cm³/mol. The summed E-state index contributed by atoms with van der Waals surface area (Å²) in [6, 6.07) is 7.11. The molecule has 0 unspecified atom stereocenters. The van der Waals surface area contributed by atoms with Crippen LogP contribution in [0.25, 0.3) is 11.3 Å². The molecule has 2 heterocycles. The van der Waals surface area contributed by atoms with E-state index >= 15 is 0 Å². The number of ether oxygens (including phenoxy) is 2. The van der Waals surface area contributed by atoms with Gasteiger partial charge in [-0.05, 0) is 31.2 Å². The molecule has 0 aliphatic rings. The SMILES string of the molecule is COc1ccc(OC)c(-c2csc(NC(=O)c3ccoc3C)n2)c1. The van der Waals surface area contributed by atoms with E-state index in [0.717, 1.165) is 5.56 Å². The van der Waals surface area contributed by atoms with E-state index in [4.69, 9.17) is 13.9 Å². The number of furan rings is 1. The third-order valence-corrected chi connectivity index (χ3v) is 4.27. The molecular formula is C17H16N2O4S. The minimum atomic E-state index is -0.250. The van der Waals surface area contributed by atoms with Crippen LogP contribution in [0.15, 0.2) is 40.3 Å². The minimum absolute atomic E-state index is 0.250. The van der Waals surface area contributed by atoms with Crippen molar-refractivity contribution in [3.05, 3.63) is 47.2 Å². The van der Waals surface area contributed by atoms with Gasteiger partial charge in [-0.25, -0.2) is 4.98 Å². The van der Waals surface area contributed by atoms with Crippen LogP contribution in [-0.4, -0.2) is 25.1 Å². The Labute approximate surface area is 143 Å². The third-order valence-electron chi connectivity index (χ3n) is 3.51. The standard InChI is InChI=1S/C17H16N2O4S/c1-10-12(6-7-23-10)16(20)19-17-18-14(9-24-17)13-8-11(21-2)4-5-15(13)22-3/h4-9H,1-3H3,(H,18,19,20). The van der Waals surface area contributed by atoms with E-state index < -0.39 is 0 Å². The van der Waals surface area contributed by atoms with Crippen molar-refractivity contribution in [2.24, 2.45) is 0 Å². The highest BCUT2D eigenvalue weighted by Crippen LogP contribution is 2.35. The molecule has 3 aromatic rings. The maximum absolute atomic E-state index is 12.2. The van der Waals surface area contributed by atoms with Crippen LogP contribution in [0.5, 0.6) is 11.5 Å². The van der Waals surface area contributed by atoms with Gasteiger partial charge in [-0.2, -0.15) is 0 Å². The Hall–Kier alpha value is -2.80. The van der Waals surface area contributed by atoms with E-state index in [1.807, 2.05) is 23.6 Å². The van der Waals surface area contributed by atoms with Crippen LogP contribution in [-0.2, 0) is 0 Å². The van der Waals surface area contributed by atoms with Gasteiger partial charge in [0.15, 0.2) is 5.13 Å². The molecule has 2 aromatic heterocycles. The van der Waals surface area contributed by atoms with Crippen LogP contribution < -0.4 is 14.8 Å². The van der Waals surface area contributed by atoms with Gasteiger partial charge in [0.1, 0.15) is 17.3 Å². The molecule has 0 atom stereocenters. The van der Waals surface area contributed by atoms with Crippen LogP contribution >= 0.6 is 11.3 Å². The van der Waals surface area contributed by atoms with Crippen molar-refractivity contribution in [3.8, 4) is 22.8 Å². The highest BCUT2D eigenvalue weighted by Gasteiger charge is 2.15. The normalized spacial score (nSPS) is 10.5. The molecule has 0 aliphatic heterocycles. The number of aryl methyl sites for hydroxylation is 1. The third kappa shape index (κ3) is 3.11. The molecule has 1 amide bonds. The van der Waals surface area contributed by atoms with Gasteiger partial charge in [0, 0.05) is 10.9 Å². The number of nitrogens with zero attached hydrogens (tertiary/aromatic N) is 1. The second kappa shape index (κ2) is 6.76. The lowest BCUT2D eigenvalue weighted by molar-refractivity contribution is 0.102. The summed E-state index contributed by atoms with van der Waals surface area (Å²) >= 11 is 1.34. The van der Waals surface area contributed by atoms with Crippen molar-refractivity contribution in [2.75, 3.05) is 19.5 Å². The molecule has 0 saturated heterocycles. The Morgan fingerprint density at radius 1 is 1.25 bits per heavy atom. The largest absolute Gasteiger partial charge is 0.497 e. The summed E-state index contributed by atoms with van der Waals surface area (Å²) in [5.74, 6) is 1.71. The number of methoxy groups -OCH3 is 2. The van der Waals surface area contributed by atoms with E-state index in [2.05, 4.69) is 10.3 Å². The lowest BCUT2D eigenvalue weighted by atomic mass is 10.1. The summed E-state index contributed by atoms with van der Waals surface area (Å²) < 4.78 is 15.8. The lowest BCUT2D eigenvalue weighted by Crippen LogP contribution is -2.11. The maximum Gasteiger partial charge on any atom is 0.260 e. The smallest absolute Gasteiger partial charge is 0.260 e. The Morgan fingerprint density at radius 2 is 2.08 bits per heavy atom. The Balaban J connectivity index is 1.86. The lowest BCUT2D eigenvalue weighted by Gasteiger charge is -2.08. The van der Waals surface area contributed by atoms with E-state index in [0.29, 0.717) is 33.6 Å². The summed E-state index contributed by atoms with van der Waals surface area (Å²) in [5, 5.41) is 5.13. The number of benzene rings is 1. The molecule has 7 heteroatoms. The number of rotatable bonds is 5. The highest BCUT2D eigenvalue weighted by molar-refractivity contribution is 7.14. The van der Waals surface area contributed by atoms with Gasteiger partial charge in [0.25, 0.3) is 5.91 Å². The minimum Gasteiger partial charge on any atom is -0.497 e. The summed E-state index contributed by atoms with van der Waals surface area (Å²) in [6.45, 7) is 1.74. The summed E-state index contributed by atoms with van der Waals surface area (Å²) in [5.41, 5.74) is 1.99. The average Bonchev–Trinajstić information content (AvgIpc) is 3.23. The maximum atomic E-state index is 12.2. The number of hydrogen-bond acceptors (Lipinski definition) is 6. The molecule has 0 bridgehead atoms. The van der Waals surface area contributed by atoms with E-state index in [1.54, 1.807) is 27.2 Å². The van der Waals surface area contributed by atoms with Crippen molar-refractivity contribution in [2.45, 2.75) is 6.92 Å². The first-order chi connectivity index (χ1) is 11.6. The van der Waals surface area contributed by atoms with Gasteiger partial charge in [-0.15, -0.1) is 11.3 Å². The molecule has 6 nitrogen and oxygen atoms in total. The topological polar surface area (TPSA) is 73.6 Å². The van der Waals surface area contributed by atoms with Crippen LogP contribution in [0.1, 0.15) is 16.1 Å². The van der Waals surface area contributed by atoms with E-state index in [1.165, 1.54) is 17.6 Å². The molecule has 0 aliphatic carbocycles. The molecular weight excluding hydrogens is 328 g/mol. The Morgan fingerprint density at radius 3 is 2.75 bits per heavy atom. The van der Waals surface area contributed by atoms with Crippen LogP contribution in [0.2, 0.25) is 0 Å². The van der Waals surface area contributed by atoms with Gasteiger partial charge < -0.3 is 13.9 Å². The van der Waals surface area contributed by atoms with Crippen molar-refractivity contribution in [1.82, 2.24) is 4.98 Å². The fraction of sp³-hybridized carbons (Fsp3) is 0.176. The molecule has 0 fully saturated rings. The zero-order valence-corrected chi connectivity index (χ0v) is 14.3. The Bertz CT molecular complexity index is 869. The van der Waals surface area contributed by atoms with Crippen LogP contribution in [0.3, 0.4) is 0 Å². The number of anilines is 1. The summed E-state index contributed by atoms with van der Waals surface area (Å²) in [6.07, 6.45) is 1.48. The van der Waals surface area contributed by atoms with Crippen molar-refractivity contribution >= 4 is 22.4 Å². The fourth-order valence-corrected chi connectivity index (χ4v) is 2.96. The van der Waals surface area contributed by atoms with Gasteiger partial charge >= 0.3 is 0 Å². The highest BCUT2D eigenvalue weighted by atomic mass is 32.1. The number of thiazole rings is 1. The molecule has 0 spiro atoms. The van der Waals surface area contributed by atoms with Gasteiger partial charge in [0.2, 0.25) is 0 Å².